The van der Waals surface area contributed by atoms with Crippen LogP contribution in [0.2, 0.25) is 0 Å². The van der Waals surface area contributed by atoms with E-state index in [1.165, 1.54) is 59.0 Å². The lowest BCUT2D eigenvalue weighted by atomic mass is 9.92. The van der Waals surface area contributed by atoms with E-state index in [1.807, 2.05) is 0 Å². The number of fused-ring (bicyclic) bond motifs is 5. The molecule has 1 aromatic heterocycles. The van der Waals surface area contributed by atoms with Gasteiger partial charge in [0.2, 0.25) is 5.69 Å². The summed E-state index contributed by atoms with van der Waals surface area (Å²) in [6, 6.07) is 15.5. The average molecular weight is 377 g/mol. The lowest BCUT2D eigenvalue weighted by molar-refractivity contribution is -0.693. The van der Waals surface area contributed by atoms with Gasteiger partial charge in [-0.3, -0.25) is 0 Å². The van der Waals surface area contributed by atoms with E-state index in [0.717, 1.165) is 30.9 Å². The highest BCUT2D eigenvalue weighted by Gasteiger charge is 2.30. The highest BCUT2D eigenvalue weighted by molar-refractivity contribution is 5.94. The van der Waals surface area contributed by atoms with Crippen molar-refractivity contribution in [3.63, 3.8) is 0 Å². The second-order valence-corrected chi connectivity index (χ2v) is 7.65. The Kier molecular flexibility index (Phi) is 5.52. The third-order valence-electron chi connectivity index (χ3n) is 5.91. The van der Waals surface area contributed by atoms with Crippen molar-refractivity contribution in [2.75, 3.05) is 14.2 Å². The lowest BCUT2D eigenvalue weighted by Gasteiger charge is -2.21. The van der Waals surface area contributed by atoms with E-state index < -0.39 is 0 Å². The van der Waals surface area contributed by atoms with Gasteiger partial charge in [-0.1, -0.05) is 44.4 Å². The molecule has 28 heavy (non-hydrogen) atoms. The number of ether oxygens (including phenoxy) is 2. The molecule has 0 spiro atoms. The predicted molar refractivity (Wildman–Crippen MR) is 114 cm³/mol. The van der Waals surface area contributed by atoms with Gasteiger partial charge in [-0.05, 0) is 35.6 Å². The van der Waals surface area contributed by atoms with Gasteiger partial charge in [0, 0.05) is 18.9 Å². The predicted octanol–water partition coefficient (Wildman–Crippen LogP) is 5.49. The van der Waals surface area contributed by atoms with Gasteiger partial charge in [-0.15, -0.1) is 0 Å². The second-order valence-electron chi connectivity index (χ2n) is 7.65. The molecule has 0 unspecified atom stereocenters. The Morgan fingerprint density at radius 3 is 2.50 bits per heavy atom. The van der Waals surface area contributed by atoms with Crippen LogP contribution in [-0.2, 0) is 19.4 Å². The number of aromatic nitrogens is 1. The van der Waals surface area contributed by atoms with Crippen LogP contribution in [0.5, 0.6) is 11.5 Å². The summed E-state index contributed by atoms with van der Waals surface area (Å²) < 4.78 is 13.7. The topological polar surface area (TPSA) is 22.3 Å². The molecule has 146 valence electrons. The van der Waals surface area contributed by atoms with Crippen molar-refractivity contribution in [1.82, 2.24) is 0 Å². The van der Waals surface area contributed by atoms with Gasteiger partial charge in [0.05, 0.1) is 25.2 Å². The highest BCUT2D eigenvalue weighted by Crippen LogP contribution is 2.39. The summed E-state index contributed by atoms with van der Waals surface area (Å²) in [5, 5.41) is 2.63. The Morgan fingerprint density at radius 1 is 0.929 bits per heavy atom. The summed E-state index contributed by atoms with van der Waals surface area (Å²) in [6.07, 6.45) is 7.32. The number of hydrogen-bond acceptors (Lipinski definition) is 2. The molecule has 0 bridgehead atoms. The van der Waals surface area contributed by atoms with Crippen LogP contribution in [0.15, 0.2) is 42.5 Å². The van der Waals surface area contributed by atoms with E-state index in [1.54, 1.807) is 14.2 Å². The largest absolute Gasteiger partial charge is 0.493 e. The molecule has 4 rings (SSSR count). The van der Waals surface area contributed by atoms with Gasteiger partial charge >= 0.3 is 0 Å². The minimum absolute atomic E-state index is 0.798. The van der Waals surface area contributed by atoms with Crippen molar-refractivity contribution in [3.8, 4) is 22.8 Å². The molecule has 3 heteroatoms. The molecule has 0 saturated heterocycles. The van der Waals surface area contributed by atoms with Gasteiger partial charge < -0.3 is 9.47 Å². The molecule has 2 heterocycles. The Labute approximate surface area is 167 Å². The number of methoxy groups -OCH3 is 2. The van der Waals surface area contributed by atoms with E-state index >= 15 is 0 Å². The Hall–Kier alpha value is -2.55. The van der Waals surface area contributed by atoms with Crippen LogP contribution in [0, 0.1) is 0 Å². The first-order valence-electron chi connectivity index (χ1n) is 10.5. The summed E-state index contributed by atoms with van der Waals surface area (Å²) in [4.78, 5) is 0. The van der Waals surface area contributed by atoms with E-state index in [0.29, 0.717) is 0 Å². The van der Waals surface area contributed by atoms with Crippen molar-refractivity contribution in [2.24, 2.45) is 0 Å². The smallest absolute Gasteiger partial charge is 0.221 e. The number of benzene rings is 2. The number of nitrogens with zero attached hydrogens (tertiary/aromatic N) is 1. The normalized spacial score (nSPS) is 12.5. The number of hydrogen-bond donors (Lipinski definition) is 0. The van der Waals surface area contributed by atoms with E-state index in [2.05, 4.69) is 54.0 Å². The van der Waals surface area contributed by atoms with Crippen LogP contribution in [0.1, 0.15) is 43.9 Å². The lowest BCUT2D eigenvalue weighted by Crippen LogP contribution is -2.44. The molecule has 0 fully saturated rings. The van der Waals surface area contributed by atoms with Gasteiger partial charge in [0.1, 0.15) is 0 Å². The second kappa shape index (κ2) is 8.22. The molecule has 3 nitrogen and oxygen atoms in total. The Balaban J connectivity index is 1.88. The molecule has 2 aromatic carbocycles. The molecule has 0 atom stereocenters. The molecule has 0 amide bonds. The fourth-order valence-corrected chi connectivity index (χ4v) is 4.45. The first-order chi connectivity index (χ1) is 13.8. The summed E-state index contributed by atoms with van der Waals surface area (Å²) in [6.45, 7) is 3.29. The number of pyridine rings is 1. The maximum absolute atomic E-state index is 5.62. The summed E-state index contributed by atoms with van der Waals surface area (Å²) in [5.41, 5.74) is 5.39. The third kappa shape index (κ3) is 3.34. The van der Waals surface area contributed by atoms with Crippen molar-refractivity contribution in [1.29, 1.82) is 0 Å². The standard InChI is InChI=1S/C25H30NO2/c1-4-5-6-7-11-20-15-18-10-8-9-12-21(18)25-22-17-24(28-3)23(27-2)16-19(22)13-14-26(20)25/h8-10,12,15-17H,4-7,11,13-14H2,1-3H3/q+1. The van der Waals surface area contributed by atoms with E-state index in [-0.39, 0.29) is 0 Å². The molecular weight excluding hydrogens is 346 g/mol. The minimum Gasteiger partial charge on any atom is -0.493 e. The zero-order valence-electron chi connectivity index (χ0n) is 17.3. The first-order valence-corrected chi connectivity index (χ1v) is 10.5. The molecule has 0 radical (unpaired) electrons. The van der Waals surface area contributed by atoms with Gasteiger partial charge in [-0.2, -0.15) is 4.57 Å². The molecule has 0 aliphatic carbocycles. The van der Waals surface area contributed by atoms with Crippen molar-refractivity contribution >= 4 is 10.8 Å². The Bertz CT molecular complexity index is 993. The van der Waals surface area contributed by atoms with E-state index in [9.17, 15) is 0 Å². The first kappa shape index (κ1) is 18.8. The fourth-order valence-electron chi connectivity index (χ4n) is 4.45. The zero-order valence-corrected chi connectivity index (χ0v) is 17.3. The van der Waals surface area contributed by atoms with Crippen LogP contribution in [0.25, 0.3) is 22.0 Å². The quantitative estimate of drug-likeness (QED) is 0.402. The maximum Gasteiger partial charge on any atom is 0.221 e. The van der Waals surface area contributed by atoms with Gasteiger partial charge in [-0.25, -0.2) is 0 Å². The number of rotatable bonds is 7. The van der Waals surface area contributed by atoms with Crippen molar-refractivity contribution in [3.05, 3.63) is 53.7 Å². The number of unbranched alkanes of at least 4 members (excludes halogenated alkanes) is 3. The third-order valence-corrected chi connectivity index (χ3v) is 5.91. The van der Waals surface area contributed by atoms with Crippen LogP contribution < -0.4 is 14.0 Å². The van der Waals surface area contributed by atoms with Crippen LogP contribution in [0.4, 0.5) is 0 Å². The van der Waals surface area contributed by atoms with Crippen LogP contribution >= 0.6 is 0 Å². The summed E-state index contributed by atoms with van der Waals surface area (Å²) >= 11 is 0. The Morgan fingerprint density at radius 2 is 1.71 bits per heavy atom. The van der Waals surface area contributed by atoms with Crippen molar-refractivity contribution < 1.29 is 14.0 Å². The molecular formula is C25H30NO2+. The molecule has 1 aliphatic rings. The highest BCUT2D eigenvalue weighted by atomic mass is 16.5. The monoisotopic (exact) mass is 376 g/mol. The zero-order chi connectivity index (χ0) is 19.5. The van der Waals surface area contributed by atoms with Crippen molar-refractivity contribution in [2.45, 2.75) is 52.0 Å². The minimum atomic E-state index is 0.798. The fraction of sp³-hybridized carbons (Fsp3) is 0.400. The van der Waals surface area contributed by atoms with Crippen LogP contribution in [0.3, 0.4) is 0 Å². The SMILES string of the molecule is CCCCCCc1cc2ccccc2c2[n+]1CCc1cc(OC)c(OC)cc1-2. The molecule has 1 aliphatic heterocycles. The van der Waals surface area contributed by atoms with E-state index in [4.69, 9.17) is 9.47 Å². The van der Waals surface area contributed by atoms with Crippen LogP contribution in [-0.4, -0.2) is 14.2 Å². The van der Waals surface area contributed by atoms with Gasteiger partial charge in [0.25, 0.3) is 0 Å². The van der Waals surface area contributed by atoms with Gasteiger partial charge in [0.15, 0.2) is 23.7 Å². The summed E-state index contributed by atoms with van der Waals surface area (Å²) in [7, 11) is 3.42. The number of aryl methyl sites for hydroxylation is 2. The molecule has 0 saturated carbocycles. The maximum atomic E-state index is 5.62. The summed E-state index contributed by atoms with van der Waals surface area (Å²) in [5.74, 6) is 1.61. The average Bonchev–Trinajstić information content (AvgIpc) is 2.75. The molecule has 3 aromatic rings. The molecule has 0 N–H and O–H groups in total.